The topological polar surface area (TPSA) is 21.3 Å². The van der Waals surface area contributed by atoms with Crippen molar-refractivity contribution in [3.8, 4) is 5.75 Å². The lowest BCUT2D eigenvalue weighted by atomic mass is 10.1. The molecule has 1 N–H and O–H groups in total. The van der Waals surface area contributed by atoms with Gasteiger partial charge in [0.2, 0.25) is 0 Å². The maximum atomic E-state index is 12.0. The highest BCUT2D eigenvalue weighted by molar-refractivity contribution is 5.40. The van der Waals surface area contributed by atoms with Gasteiger partial charge in [0.25, 0.3) is 0 Å². The maximum Gasteiger partial charge on any atom is 0.422 e. The Morgan fingerprint density at radius 1 is 1.41 bits per heavy atom. The zero-order valence-corrected chi connectivity index (χ0v) is 9.47. The van der Waals surface area contributed by atoms with Crippen molar-refractivity contribution in [3.63, 3.8) is 0 Å². The van der Waals surface area contributed by atoms with Gasteiger partial charge >= 0.3 is 6.18 Å². The molecule has 0 bridgehead atoms. The Hall–Kier alpha value is -1.23. The molecule has 0 aromatic heterocycles. The van der Waals surface area contributed by atoms with Crippen LogP contribution in [0.3, 0.4) is 0 Å². The molecule has 1 aliphatic rings. The molecule has 0 heterocycles. The molecule has 0 saturated carbocycles. The highest BCUT2D eigenvalue weighted by atomic mass is 19.4. The van der Waals surface area contributed by atoms with Crippen LogP contribution in [0.5, 0.6) is 5.75 Å². The lowest BCUT2D eigenvalue weighted by Crippen LogP contribution is -2.19. The van der Waals surface area contributed by atoms with Crippen LogP contribution in [0.2, 0.25) is 0 Å². The molecule has 0 fully saturated rings. The van der Waals surface area contributed by atoms with Crippen molar-refractivity contribution >= 4 is 0 Å². The normalized spacial score (nSPS) is 19.2. The van der Waals surface area contributed by atoms with E-state index >= 15 is 0 Å². The molecule has 0 spiro atoms. The lowest BCUT2D eigenvalue weighted by molar-refractivity contribution is -0.153. The van der Waals surface area contributed by atoms with E-state index in [9.17, 15) is 13.2 Å². The van der Waals surface area contributed by atoms with E-state index in [4.69, 9.17) is 4.74 Å². The van der Waals surface area contributed by atoms with Crippen LogP contribution >= 0.6 is 0 Å². The van der Waals surface area contributed by atoms with Crippen molar-refractivity contribution < 1.29 is 17.9 Å². The van der Waals surface area contributed by atoms with Crippen molar-refractivity contribution in [1.82, 2.24) is 5.32 Å². The maximum absolute atomic E-state index is 12.0. The van der Waals surface area contributed by atoms with E-state index in [0.717, 1.165) is 24.0 Å². The summed E-state index contributed by atoms with van der Waals surface area (Å²) in [5.41, 5.74) is 2.23. The van der Waals surface area contributed by atoms with Crippen LogP contribution in [0.1, 0.15) is 23.6 Å². The number of fused-ring (bicyclic) bond motifs is 1. The Morgan fingerprint density at radius 3 is 2.82 bits per heavy atom. The van der Waals surface area contributed by atoms with Crippen molar-refractivity contribution in [3.05, 3.63) is 29.3 Å². The number of nitrogens with one attached hydrogen (secondary N) is 1. The number of hydrogen-bond donors (Lipinski definition) is 1. The molecule has 94 valence electrons. The summed E-state index contributed by atoms with van der Waals surface area (Å²) in [5.74, 6) is 0.290. The fourth-order valence-corrected chi connectivity index (χ4v) is 2.15. The summed E-state index contributed by atoms with van der Waals surface area (Å²) < 4.78 is 40.7. The fourth-order valence-electron chi connectivity index (χ4n) is 2.15. The summed E-state index contributed by atoms with van der Waals surface area (Å²) in [6, 6.07) is 5.45. The molecule has 1 aliphatic carbocycles. The molecule has 1 aromatic carbocycles. The van der Waals surface area contributed by atoms with E-state index in [1.165, 1.54) is 0 Å². The fraction of sp³-hybridized carbons (Fsp3) is 0.500. The van der Waals surface area contributed by atoms with E-state index in [2.05, 4.69) is 5.32 Å². The van der Waals surface area contributed by atoms with Gasteiger partial charge in [-0.05, 0) is 43.1 Å². The van der Waals surface area contributed by atoms with E-state index in [0.29, 0.717) is 6.04 Å². The van der Waals surface area contributed by atoms with E-state index in [-0.39, 0.29) is 5.75 Å². The number of ether oxygens (including phenoxy) is 1. The number of alkyl halides is 3. The first-order chi connectivity index (χ1) is 7.99. The highest BCUT2D eigenvalue weighted by Crippen LogP contribution is 2.33. The zero-order valence-electron chi connectivity index (χ0n) is 9.47. The van der Waals surface area contributed by atoms with Gasteiger partial charge in [-0.25, -0.2) is 0 Å². The largest absolute Gasteiger partial charge is 0.484 e. The second-order valence-electron chi connectivity index (χ2n) is 4.14. The number of halogens is 3. The van der Waals surface area contributed by atoms with Gasteiger partial charge in [-0.3, -0.25) is 0 Å². The molecule has 2 rings (SSSR count). The summed E-state index contributed by atoms with van der Waals surface area (Å²) in [6.45, 7) is -1.23. The van der Waals surface area contributed by atoms with E-state index in [1.54, 1.807) is 12.1 Å². The van der Waals surface area contributed by atoms with Gasteiger partial charge < -0.3 is 10.1 Å². The van der Waals surface area contributed by atoms with E-state index in [1.807, 2.05) is 13.1 Å². The summed E-state index contributed by atoms with van der Waals surface area (Å²) in [6.07, 6.45) is -2.43. The smallest absolute Gasteiger partial charge is 0.422 e. The van der Waals surface area contributed by atoms with E-state index < -0.39 is 12.8 Å². The molecule has 17 heavy (non-hydrogen) atoms. The van der Waals surface area contributed by atoms with Gasteiger partial charge in [0.05, 0.1) is 0 Å². The van der Waals surface area contributed by atoms with Crippen molar-refractivity contribution in [1.29, 1.82) is 0 Å². The molecule has 1 aromatic rings. The number of benzene rings is 1. The quantitative estimate of drug-likeness (QED) is 0.884. The molecule has 2 nitrogen and oxygen atoms in total. The Morgan fingerprint density at radius 2 is 2.18 bits per heavy atom. The predicted octanol–water partition coefficient (Wildman–Crippen LogP) is 2.83. The zero-order chi connectivity index (χ0) is 12.5. The van der Waals surface area contributed by atoms with Crippen LogP contribution in [-0.4, -0.2) is 19.8 Å². The van der Waals surface area contributed by atoms with Gasteiger partial charge in [0, 0.05) is 6.04 Å². The van der Waals surface area contributed by atoms with Crippen LogP contribution in [0.25, 0.3) is 0 Å². The third-order valence-corrected chi connectivity index (χ3v) is 2.94. The van der Waals surface area contributed by atoms with Crippen LogP contribution in [0.4, 0.5) is 13.2 Å². The van der Waals surface area contributed by atoms with Gasteiger partial charge in [0.1, 0.15) is 5.75 Å². The minimum absolute atomic E-state index is 0.290. The third-order valence-electron chi connectivity index (χ3n) is 2.94. The Labute approximate surface area is 97.8 Å². The van der Waals surface area contributed by atoms with Crippen LogP contribution in [-0.2, 0) is 6.42 Å². The number of aryl methyl sites for hydroxylation is 1. The average molecular weight is 245 g/mol. The summed E-state index contributed by atoms with van der Waals surface area (Å²) >= 11 is 0. The second-order valence-corrected chi connectivity index (χ2v) is 4.14. The highest BCUT2D eigenvalue weighted by Gasteiger charge is 2.29. The molecule has 0 aliphatic heterocycles. The molecule has 0 radical (unpaired) electrons. The average Bonchev–Trinajstić information content (AvgIpc) is 2.67. The van der Waals surface area contributed by atoms with Crippen molar-refractivity contribution in [2.24, 2.45) is 0 Å². The Kier molecular flexibility index (Phi) is 3.28. The standard InChI is InChI=1S/C12H14F3NO/c1-16-11-5-2-8-6-9(3-4-10(8)11)17-7-12(13,14)15/h3-4,6,11,16H,2,5,7H2,1H3. The van der Waals surface area contributed by atoms with Gasteiger partial charge in [0.15, 0.2) is 6.61 Å². The summed E-state index contributed by atoms with van der Waals surface area (Å²) in [7, 11) is 1.88. The molecule has 0 saturated heterocycles. The monoisotopic (exact) mass is 245 g/mol. The Bertz CT molecular complexity index is 403. The summed E-state index contributed by atoms with van der Waals surface area (Å²) in [5, 5.41) is 3.18. The SMILES string of the molecule is CNC1CCc2cc(OCC(F)(F)F)ccc21. The first-order valence-corrected chi connectivity index (χ1v) is 5.49. The van der Waals surface area contributed by atoms with Crippen LogP contribution in [0.15, 0.2) is 18.2 Å². The molecular formula is C12H14F3NO. The van der Waals surface area contributed by atoms with Gasteiger partial charge in [-0.15, -0.1) is 0 Å². The predicted molar refractivity (Wildman–Crippen MR) is 58.1 cm³/mol. The van der Waals surface area contributed by atoms with Crippen LogP contribution in [0, 0.1) is 0 Å². The first-order valence-electron chi connectivity index (χ1n) is 5.49. The van der Waals surface area contributed by atoms with Gasteiger partial charge in [-0.2, -0.15) is 13.2 Å². The van der Waals surface area contributed by atoms with Crippen molar-refractivity contribution in [2.45, 2.75) is 25.1 Å². The second kappa shape index (κ2) is 4.56. The molecule has 1 atom stereocenters. The van der Waals surface area contributed by atoms with Crippen molar-refractivity contribution in [2.75, 3.05) is 13.7 Å². The number of rotatable bonds is 3. The molecular weight excluding hydrogens is 231 g/mol. The minimum Gasteiger partial charge on any atom is -0.484 e. The Balaban J connectivity index is 2.08. The molecule has 5 heteroatoms. The molecule has 1 unspecified atom stereocenters. The molecule has 0 amide bonds. The summed E-state index contributed by atoms with van der Waals surface area (Å²) in [4.78, 5) is 0. The minimum atomic E-state index is -4.29. The van der Waals surface area contributed by atoms with Gasteiger partial charge in [-0.1, -0.05) is 6.07 Å². The number of hydrogen-bond acceptors (Lipinski definition) is 2. The third kappa shape index (κ3) is 2.91. The lowest BCUT2D eigenvalue weighted by Gasteiger charge is -2.12. The van der Waals surface area contributed by atoms with Crippen LogP contribution < -0.4 is 10.1 Å². The first kappa shape index (κ1) is 12.2.